The van der Waals surface area contributed by atoms with Gasteiger partial charge in [0.1, 0.15) is 0 Å². The molecule has 0 aliphatic rings. The minimum atomic E-state index is -3.17. The summed E-state index contributed by atoms with van der Waals surface area (Å²) in [6, 6.07) is 7.95. The summed E-state index contributed by atoms with van der Waals surface area (Å²) in [6.45, 7) is 6.36. The summed E-state index contributed by atoms with van der Waals surface area (Å²) in [7, 11) is -3.17. The molecule has 0 fully saturated rings. The lowest BCUT2D eigenvalue weighted by Crippen LogP contribution is -2.29. The lowest BCUT2D eigenvalue weighted by atomic mass is 10.0. The topological polar surface area (TPSA) is 96.6 Å². The number of guanidine groups is 1. The van der Waals surface area contributed by atoms with Gasteiger partial charge in [0.15, 0.2) is 5.96 Å². The number of hydrogen-bond donors (Lipinski definition) is 3. The number of anilines is 1. The van der Waals surface area contributed by atoms with Gasteiger partial charge in [-0.25, -0.2) is 13.1 Å². The maximum Gasteiger partial charge on any atom is 0.211 e. The van der Waals surface area contributed by atoms with Crippen molar-refractivity contribution in [3.63, 3.8) is 0 Å². The first-order chi connectivity index (χ1) is 9.84. The van der Waals surface area contributed by atoms with Gasteiger partial charge in [0.25, 0.3) is 0 Å². The fourth-order valence-electron chi connectivity index (χ4n) is 1.64. The number of halogens is 1. The molecule has 0 atom stereocenters. The van der Waals surface area contributed by atoms with E-state index in [1.165, 1.54) is 5.56 Å². The van der Waals surface area contributed by atoms with Crippen LogP contribution < -0.4 is 15.8 Å². The summed E-state index contributed by atoms with van der Waals surface area (Å²) in [5, 5.41) is 3.00. The van der Waals surface area contributed by atoms with Crippen LogP contribution in [0.1, 0.15) is 32.3 Å². The number of hydrogen-bond acceptors (Lipinski definition) is 3. The molecule has 0 unspecified atom stereocenters. The molecule has 0 spiro atoms. The highest BCUT2D eigenvalue weighted by Gasteiger charge is 2.04. The van der Waals surface area contributed by atoms with Crippen LogP contribution in [0.25, 0.3) is 0 Å². The van der Waals surface area contributed by atoms with Gasteiger partial charge in [0.2, 0.25) is 10.0 Å². The van der Waals surface area contributed by atoms with Crippen molar-refractivity contribution in [3.8, 4) is 0 Å². The van der Waals surface area contributed by atoms with Crippen molar-refractivity contribution in [1.82, 2.24) is 4.72 Å². The monoisotopic (exact) mass is 440 g/mol. The van der Waals surface area contributed by atoms with E-state index in [2.05, 4.69) is 34.9 Å². The van der Waals surface area contributed by atoms with Crippen molar-refractivity contribution in [1.29, 1.82) is 0 Å². The highest BCUT2D eigenvalue weighted by Crippen LogP contribution is 2.18. The SMILES string of the molecule is CCS(=O)(=O)NCCN=C(N)Nc1cccc(C(C)C)c1.I. The van der Waals surface area contributed by atoms with Crippen molar-refractivity contribution < 1.29 is 8.42 Å². The van der Waals surface area contributed by atoms with Crippen LogP contribution in [0.4, 0.5) is 5.69 Å². The lowest BCUT2D eigenvalue weighted by Gasteiger charge is -2.10. The van der Waals surface area contributed by atoms with Gasteiger partial charge >= 0.3 is 0 Å². The van der Waals surface area contributed by atoms with Crippen molar-refractivity contribution in [2.45, 2.75) is 26.7 Å². The van der Waals surface area contributed by atoms with E-state index in [0.29, 0.717) is 12.5 Å². The van der Waals surface area contributed by atoms with Crippen LogP contribution in [0, 0.1) is 0 Å². The number of rotatable bonds is 7. The Hall–Kier alpha value is -0.870. The number of aliphatic imine (C=N–C) groups is 1. The van der Waals surface area contributed by atoms with E-state index in [1.54, 1.807) is 6.92 Å². The molecule has 4 N–H and O–H groups in total. The normalized spacial score (nSPS) is 12.1. The van der Waals surface area contributed by atoms with E-state index >= 15 is 0 Å². The van der Waals surface area contributed by atoms with Crippen LogP contribution in [0.3, 0.4) is 0 Å². The fraction of sp³-hybridized carbons (Fsp3) is 0.500. The molecule has 0 amide bonds. The zero-order chi connectivity index (χ0) is 15.9. The van der Waals surface area contributed by atoms with Crippen LogP contribution in [0.15, 0.2) is 29.3 Å². The van der Waals surface area contributed by atoms with Gasteiger partial charge in [-0.2, -0.15) is 0 Å². The van der Waals surface area contributed by atoms with Crippen molar-refractivity contribution in [3.05, 3.63) is 29.8 Å². The Morgan fingerprint density at radius 1 is 1.36 bits per heavy atom. The lowest BCUT2D eigenvalue weighted by molar-refractivity contribution is 0.583. The average Bonchev–Trinajstić information content (AvgIpc) is 2.44. The third-order valence-electron chi connectivity index (χ3n) is 2.92. The van der Waals surface area contributed by atoms with E-state index in [-0.39, 0.29) is 42.2 Å². The van der Waals surface area contributed by atoms with Crippen LogP contribution in [0.2, 0.25) is 0 Å². The standard InChI is InChI=1S/C14H24N4O2S.HI/c1-4-21(19,20)17-9-8-16-14(15)18-13-7-5-6-12(10-13)11(2)3;/h5-7,10-11,17H,4,8-9H2,1-3H3,(H3,15,16,18);1H. The van der Waals surface area contributed by atoms with Crippen LogP contribution in [-0.4, -0.2) is 33.2 Å². The molecule has 0 saturated heterocycles. The molecule has 0 bridgehead atoms. The molecular formula is C14H25IN4O2S. The fourth-order valence-corrected chi connectivity index (χ4v) is 2.25. The van der Waals surface area contributed by atoms with Crippen molar-refractivity contribution in [2.24, 2.45) is 10.7 Å². The molecular weight excluding hydrogens is 415 g/mol. The van der Waals surface area contributed by atoms with Gasteiger partial charge in [-0.3, -0.25) is 4.99 Å². The number of nitrogens with zero attached hydrogens (tertiary/aromatic N) is 1. The maximum absolute atomic E-state index is 11.2. The number of nitrogens with two attached hydrogens (primary N) is 1. The van der Waals surface area contributed by atoms with E-state index in [4.69, 9.17) is 5.73 Å². The van der Waals surface area contributed by atoms with E-state index in [9.17, 15) is 8.42 Å². The van der Waals surface area contributed by atoms with Gasteiger partial charge < -0.3 is 11.1 Å². The van der Waals surface area contributed by atoms with Crippen molar-refractivity contribution in [2.75, 3.05) is 24.2 Å². The van der Waals surface area contributed by atoms with E-state index in [0.717, 1.165) is 5.69 Å². The number of benzene rings is 1. The summed E-state index contributed by atoms with van der Waals surface area (Å²) in [5.74, 6) is 0.770. The summed E-state index contributed by atoms with van der Waals surface area (Å²) >= 11 is 0. The zero-order valence-electron chi connectivity index (χ0n) is 13.2. The Morgan fingerprint density at radius 3 is 2.64 bits per heavy atom. The quantitative estimate of drug-likeness (QED) is 0.262. The van der Waals surface area contributed by atoms with Crippen molar-refractivity contribution >= 4 is 45.6 Å². The van der Waals surface area contributed by atoms with Gasteiger partial charge in [0.05, 0.1) is 12.3 Å². The molecule has 0 aliphatic heterocycles. The molecule has 0 aliphatic carbocycles. The second-order valence-electron chi connectivity index (χ2n) is 4.97. The molecule has 0 saturated carbocycles. The Kier molecular flexibility index (Phi) is 9.61. The molecule has 1 rings (SSSR count). The van der Waals surface area contributed by atoms with Crippen LogP contribution in [-0.2, 0) is 10.0 Å². The summed E-state index contributed by atoms with van der Waals surface area (Å²) in [5.41, 5.74) is 7.86. The first-order valence-corrected chi connectivity index (χ1v) is 8.63. The second-order valence-corrected chi connectivity index (χ2v) is 7.07. The van der Waals surface area contributed by atoms with Gasteiger partial charge in [-0.1, -0.05) is 26.0 Å². The minimum absolute atomic E-state index is 0. The zero-order valence-corrected chi connectivity index (χ0v) is 16.3. The van der Waals surface area contributed by atoms with Gasteiger partial charge in [-0.05, 0) is 30.5 Å². The molecule has 0 heterocycles. The predicted molar refractivity (Wildman–Crippen MR) is 104 cm³/mol. The second kappa shape index (κ2) is 10.0. The largest absolute Gasteiger partial charge is 0.370 e. The Labute approximate surface area is 150 Å². The minimum Gasteiger partial charge on any atom is -0.370 e. The molecule has 1 aromatic carbocycles. The smallest absolute Gasteiger partial charge is 0.211 e. The highest BCUT2D eigenvalue weighted by atomic mass is 127. The third kappa shape index (κ3) is 7.95. The summed E-state index contributed by atoms with van der Waals surface area (Å²) in [6.07, 6.45) is 0. The molecule has 0 radical (unpaired) electrons. The first kappa shape index (κ1) is 21.1. The van der Waals surface area contributed by atoms with Crippen LogP contribution in [0.5, 0.6) is 0 Å². The van der Waals surface area contributed by atoms with Gasteiger partial charge in [0, 0.05) is 12.2 Å². The molecule has 22 heavy (non-hydrogen) atoms. The molecule has 8 heteroatoms. The Bertz CT molecular complexity index is 588. The molecule has 6 nitrogen and oxygen atoms in total. The number of sulfonamides is 1. The highest BCUT2D eigenvalue weighted by molar-refractivity contribution is 14.0. The predicted octanol–water partition coefficient (Wildman–Crippen LogP) is 2.09. The van der Waals surface area contributed by atoms with Crippen LogP contribution >= 0.6 is 24.0 Å². The Balaban J connectivity index is 0.00000441. The number of nitrogens with one attached hydrogen (secondary N) is 2. The van der Waals surface area contributed by atoms with E-state index < -0.39 is 10.0 Å². The molecule has 0 aromatic heterocycles. The maximum atomic E-state index is 11.2. The van der Waals surface area contributed by atoms with E-state index in [1.807, 2.05) is 18.2 Å². The average molecular weight is 440 g/mol. The summed E-state index contributed by atoms with van der Waals surface area (Å²) < 4.78 is 24.9. The molecule has 126 valence electrons. The molecule has 1 aromatic rings. The third-order valence-corrected chi connectivity index (χ3v) is 4.33. The van der Waals surface area contributed by atoms with Gasteiger partial charge in [-0.15, -0.1) is 24.0 Å². The summed E-state index contributed by atoms with van der Waals surface area (Å²) in [4.78, 5) is 4.09. The Morgan fingerprint density at radius 2 is 2.05 bits per heavy atom. The first-order valence-electron chi connectivity index (χ1n) is 6.98.